The molecular weight excluding hydrogens is 396 g/mol. The number of nitrogens with zero attached hydrogens (tertiary/aromatic N) is 3. The fourth-order valence-electron chi connectivity index (χ4n) is 3.39. The number of methoxy groups -OCH3 is 1. The van der Waals surface area contributed by atoms with Gasteiger partial charge in [0.15, 0.2) is 24.6 Å². The molecule has 8 heteroatoms. The molecular formula is C23H18BFN3O3. The van der Waals surface area contributed by atoms with Gasteiger partial charge in [-0.3, -0.25) is 19.6 Å². The summed E-state index contributed by atoms with van der Waals surface area (Å²) in [5.74, 6) is -1.24. The minimum Gasteiger partial charge on any atom is -0.494 e. The monoisotopic (exact) mass is 414 g/mol. The van der Waals surface area contributed by atoms with Crippen LogP contribution in [-0.4, -0.2) is 34.7 Å². The molecule has 3 aromatic heterocycles. The second kappa shape index (κ2) is 8.51. The van der Waals surface area contributed by atoms with E-state index in [1.54, 1.807) is 16.7 Å². The molecule has 0 N–H and O–H groups in total. The lowest BCUT2D eigenvalue weighted by Crippen LogP contribution is -2.22. The number of benzene rings is 1. The van der Waals surface area contributed by atoms with Gasteiger partial charge in [-0.1, -0.05) is 19.0 Å². The Hall–Kier alpha value is -3.81. The molecule has 3 heterocycles. The van der Waals surface area contributed by atoms with Crippen LogP contribution in [-0.2, 0) is 6.54 Å². The van der Waals surface area contributed by atoms with Crippen molar-refractivity contribution in [3.8, 4) is 5.75 Å². The number of fused-ring (bicyclic) bond motifs is 1. The Morgan fingerprint density at radius 2 is 2.03 bits per heavy atom. The molecule has 0 aliphatic rings. The van der Waals surface area contributed by atoms with Crippen LogP contribution in [0.25, 0.3) is 11.0 Å². The second-order valence-electron chi connectivity index (χ2n) is 6.89. The summed E-state index contributed by atoms with van der Waals surface area (Å²) in [7, 11) is 3.23. The highest BCUT2D eigenvalue weighted by Crippen LogP contribution is 2.20. The standard InChI is InChI=1S/C23H18BFN3O3/c1-24-20-7-3-5-15(27-20)12-28-13-16(23(30)21-18(28)6-4-10-26-21)22(29)14-8-9-19(31-2)17(25)11-14/h3-11,13H,12H2,1-2H3. The van der Waals surface area contributed by atoms with E-state index >= 15 is 0 Å². The van der Waals surface area contributed by atoms with Gasteiger partial charge >= 0.3 is 0 Å². The van der Waals surface area contributed by atoms with Crippen LogP contribution in [0.15, 0.2) is 65.7 Å². The van der Waals surface area contributed by atoms with Crippen LogP contribution >= 0.6 is 0 Å². The lowest BCUT2D eigenvalue weighted by Gasteiger charge is -2.13. The van der Waals surface area contributed by atoms with Gasteiger partial charge in [0.05, 0.1) is 30.4 Å². The van der Waals surface area contributed by atoms with Crippen LogP contribution < -0.4 is 15.8 Å². The third kappa shape index (κ3) is 3.96. The lowest BCUT2D eigenvalue weighted by molar-refractivity contribution is 0.103. The normalized spacial score (nSPS) is 10.8. The Morgan fingerprint density at radius 3 is 2.77 bits per heavy atom. The highest BCUT2D eigenvalue weighted by molar-refractivity contribution is 6.50. The number of hydrogen-bond acceptors (Lipinski definition) is 5. The van der Waals surface area contributed by atoms with Crippen LogP contribution in [0.5, 0.6) is 5.75 Å². The van der Waals surface area contributed by atoms with Crippen LogP contribution in [0.2, 0.25) is 6.82 Å². The first-order chi connectivity index (χ1) is 15.0. The fourth-order valence-corrected chi connectivity index (χ4v) is 3.39. The number of pyridine rings is 3. The number of carbonyl (C=O) groups is 1. The Kier molecular flexibility index (Phi) is 5.62. The number of hydrogen-bond donors (Lipinski definition) is 0. The first-order valence-electron chi connectivity index (χ1n) is 9.63. The Morgan fingerprint density at radius 1 is 1.19 bits per heavy atom. The zero-order chi connectivity index (χ0) is 22.0. The van der Waals surface area contributed by atoms with E-state index in [-0.39, 0.29) is 22.4 Å². The average molecular weight is 414 g/mol. The van der Waals surface area contributed by atoms with Crippen molar-refractivity contribution in [2.45, 2.75) is 13.4 Å². The van der Waals surface area contributed by atoms with Gasteiger partial charge in [0.2, 0.25) is 5.43 Å². The molecule has 0 unspecified atom stereocenters. The van der Waals surface area contributed by atoms with Gasteiger partial charge in [-0.15, -0.1) is 0 Å². The minimum atomic E-state index is -0.676. The van der Waals surface area contributed by atoms with Crippen molar-refractivity contribution < 1.29 is 13.9 Å². The zero-order valence-corrected chi connectivity index (χ0v) is 17.0. The molecule has 4 aromatic rings. The number of rotatable bonds is 6. The summed E-state index contributed by atoms with van der Waals surface area (Å²) < 4.78 is 20.8. The molecule has 0 atom stereocenters. The van der Waals surface area contributed by atoms with Crippen molar-refractivity contribution in [2.75, 3.05) is 7.11 Å². The van der Waals surface area contributed by atoms with Crippen molar-refractivity contribution in [1.82, 2.24) is 14.5 Å². The molecule has 1 radical (unpaired) electrons. The van der Waals surface area contributed by atoms with Gasteiger partial charge in [0, 0.05) is 18.0 Å². The highest BCUT2D eigenvalue weighted by Gasteiger charge is 2.19. The van der Waals surface area contributed by atoms with Crippen LogP contribution in [0.3, 0.4) is 0 Å². The van der Waals surface area contributed by atoms with E-state index in [1.165, 1.54) is 31.6 Å². The summed E-state index contributed by atoms with van der Waals surface area (Å²) in [6, 6.07) is 13.0. The molecule has 0 aliphatic carbocycles. The van der Waals surface area contributed by atoms with Gasteiger partial charge in [-0.2, -0.15) is 0 Å². The van der Waals surface area contributed by atoms with Crippen molar-refractivity contribution in [3.05, 3.63) is 93.8 Å². The maximum Gasteiger partial charge on any atom is 0.218 e. The van der Waals surface area contributed by atoms with E-state index in [0.717, 1.165) is 17.4 Å². The molecule has 4 rings (SSSR count). The average Bonchev–Trinajstić information content (AvgIpc) is 2.80. The molecule has 0 bridgehead atoms. The molecule has 0 spiro atoms. The summed E-state index contributed by atoms with van der Waals surface area (Å²) in [5.41, 5.74) is 1.80. The first-order valence-corrected chi connectivity index (χ1v) is 9.63. The molecule has 31 heavy (non-hydrogen) atoms. The number of aromatic nitrogens is 3. The molecule has 0 saturated heterocycles. The third-order valence-electron chi connectivity index (χ3n) is 4.96. The lowest BCUT2D eigenvalue weighted by atomic mass is 9.77. The van der Waals surface area contributed by atoms with Crippen molar-refractivity contribution in [3.63, 3.8) is 0 Å². The fraction of sp³-hybridized carbons (Fsp3) is 0.130. The minimum absolute atomic E-state index is 0.0211. The van der Waals surface area contributed by atoms with Gasteiger partial charge in [-0.05, 0) is 42.0 Å². The summed E-state index contributed by atoms with van der Waals surface area (Å²) in [4.78, 5) is 34.9. The summed E-state index contributed by atoms with van der Waals surface area (Å²) in [6.45, 7) is 2.23. The molecule has 0 fully saturated rings. The summed E-state index contributed by atoms with van der Waals surface area (Å²) in [5, 5.41) is 0. The Bertz CT molecular complexity index is 1350. The van der Waals surface area contributed by atoms with E-state index in [4.69, 9.17) is 4.74 Å². The Balaban J connectivity index is 1.84. The van der Waals surface area contributed by atoms with Gasteiger partial charge in [0.1, 0.15) is 5.52 Å². The predicted molar refractivity (Wildman–Crippen MR) is 117 cm³/mol. The predicted octanol–water partition coefficient (Wildman–Crippen LogP) is 2.60. The zero-order valence-electron chi connectivity index (χ0n) is 17.0. The van der Waals surface area contributed by atoms with E-state index in [9.17, 15) is 14.0 Å². The van der Waals surface area contributed by atoms with Crippen LogP contribution in [0, 0.1) is 5.82 Å². The maximum atomic E-state index is 14.1. The number of ether oxygens (including phenoxy) is 1. The molecule has 0 amide bonds. The third-order valence-corrected chi connectivity index (χ3v) is 4.96. The number of ketones is 1. The molecule has 6 nitrogen and oxygen atoms in total. The van der Waals surface area contributed by atoms with Crippen molar-refractivity contribution in [2.24, 2.45) is 0 Å². The quantitative estimate of drug-likeness (QED) is 0.358. The maximum absolute atomic E-state index is 14.1. The highest BCUT2D eigenvalue weighted by atomic mass is 19.1. The van der Waals surface area contributed by atoms with Crippen molar-refractivity contribution in [1.29, 1.82) is 0 Å². The van der Waals surface area contributed by atoms with Gasteiger partial charge in [-0.25, -0.2) is 4.39 Å². The number of halogens is 1. The first kappa shape index (κ1) is 20.5. The molecule has 0 aliphatic heterocycles. The largest absolute Gasteiger partial charge is 0.494 e. The molecule has 0 saturated carbocycles. The van der Waals surface area contributed by atoms with E-state index in [0.29, 0.717) is 12.1 Å². The SMILES string of the molecule is C[B]c1cccc(Cn2cc(C(=O)c3ccc(OC)c(F)c3)c(=O)c3ncccc32)n1. The molecule has 153 valence electrons. The van der Waals surface area contributed by atoms with E-state index in [1.807, 2.05) is 32.3 Å². The Labute approximate surface area is 178 Å². The van der Waals surface area contributed by atoms with Crippen molar-refractivity contribution >= 4 is 29.7 Å². The molecule has 1 aromatic carbocycles. The van der Waals surface area contributed by atoms with E-state index in [2.05, 4.69) is 9.97 Å². The van der Waals surface area contributed by atoms with Gasteiger partial charge in [0.25, 0.3) is 0 Å². The van der Waals surface area contributed by atoms with Gasteiger partial charge < -0.3 is 9.30 Å². The topological polar surface area (TPSA) is 74.1 Å². The summed E-state index contributed by atoms with van der Waals surface area (Å²) in [6.07, 6.45) is 2.99. The number of carbonyl (C=O) groups excluding carboxylic acids is 1. The van der Waals surface area contributed by atoms with E-state index < -0.39 is 17.0 Å². The van der Waals surface area contributed by atoms with Crippen LogP contribution in [0.4, 0.5) is 4.39 Å². The smallest absolute Gasteiger partial charge is 0.218 e. The second-order valence-corrected chi connectivity index (χ2v) is 6.89. The van der Waals surface area contributed by atoms with Crippen LogP contribution in [0.1, 0.15) is 21.6 Å². The summed E-state index contributed by atoms with van der Waals surface area (Å²) >= 11 is 0.